The normalized spacial score (nSPS) is 33.9. The van der Waals surface area contributed by atoms with E-state index in [9.17, 15) is 4.79 Å². The summed E-state index contributed by atoms with van der Waals surface area (Å²) in [5.41, 5.74) is 3.11. The average Bonchev–Trinajstić information content (AvgIpc) is 3.15. The Bertz CT molecular complexity index is 1270. The van der Waals surface area contributed by atoms with E-state index in [1.165, 1.54) is 10.9 Å². The topological polar surface area (TPSA) is 51.7 Å². The van der Waals surface area contributed by atoms with E-state index in [2.05, 4.69) is 73.4 Å². The highest BCUT2D eigenvalue weighted by Crippen LogP contribution is 2.61. The molecule has 3 aliphatic carbocycles. The largest absolute Gasteiger partial charge is 0.489 e. The van der Waals surface area contributed by atoms with Gasteiger partial charge in [-0.1, -0.05) is 37.3 Å². The Kier molecular flexibility index (Phi) is 5.46. The molecule has 4 aliphatic rings. The molecule has 1 aromatic heterocycles. The lowest BCUT2D eigenvalue weighted by Crippen LogP contribution is -2.41. The van der Waals surface area contributed by atoms with Gasteiger partial charge in [-0.3, -0.25) is 9.78 Å². The standard InChI is InChI=1S/C30H34N2O3/c1-30-10-8-19-14-23-25(33)12-18(17-32(2)3)13-26(23)35-29(19)24(30)15-27(34-4)28(30)22-7-5-6-20-16-31-11-9-21(20)22/h5-11,14,16,18,24,27-29H,12-13,15,17H2,1-4H3/t18?,24-,27+,28-,29+,30-/m0/s1. The maximum atomic E-state index is 13.0. The summed E-state index contributed by atoms with van der Waals surface area (Å²) < 4.78 is 12.9. The smallest absolute Gasteiger partial charge is 0.166 e. The van der Waals surface area contributed by atoms with Crippen LogP contribution >= 0.6 is 0 Å². The van der Waals surface area contributed by atoms with E-state index in [-0.39, 0.29) is 35.2 Å². The predicted molar refractivity (Wildman–Crippen MR) is 137 cm³/mol. The van der Waals surface area contributed by atoms with Crippen molar-refractivity contribution >= 4 is 16.6 Å². The number of Topliss-reactive ketones (excluding diaryl/α,β-unsaturated/α-hetero) is 1. The Morgan fingerprint density at radius 3 is 2.89 bits per heavy atom. The number of ketones is 1. The number of allylic oxidation sites excluding steroid dienone is 4. The number of hydrogen-bond donors (Lipinski definition) is 0. The summed E-state index contributed by atoms with van der Waals surface area (Å²) in [7, 11) is 5.97. The second-order valence-electron chi connectivity index (χ2n) is 11.2. The van der Waals surface area contributed by atoms with Gasteiger partial charge in [0, 0.05) is 61.5 Å². The maximum absolute atomic E-state index is 13.0. The van der Waals surface area contributed by atoms with Gasteiger partial charge in [0.25, 0.3) is 0 Å². The molecule has 2 heterocycles. The number of benzene rings is 1. The summed E-state index contributed by atoms with van der Waals surface area (Å²) in [6.45, 7) is 3.26. The summed E-state index contributed by atoms with van der Waals surface area (Å²) in [4.78, 5) is 19.5. The van der Waals surface area contributed by atoms with Crippen LogP contribution in [0.15, 0.2) is 71.8 Å². The van der Waals surface area contributed by atoms with E-state index < -0.39 is 0 Å². The minimum absolute atomic E-state index is 0.0473. The van der Waals surface area contributed by atoms with Crippen molar-refractivity contribution in [3.8, 4) is 0 Å². The van der Waals surface area contributed by atoms with Crippen LogP contribution in [-0.4, -0.2) is 55.6 Å². The fraction of sp³-hybridized carbons (Fsp3) is 0.467. The van der Waals surface area contributed by atoms with E-state index >= 15 is 0 Å². The third-order valence-corrected chi connectivity index (χ3v) is 8.76. The van der Waals surface area contributed by atoms with Crippen LogP contribution in [0.5, 0.6) is 0 Å². The van der Waals surface area contributed by atoms with Crippen molar-refractivity contribution in [2.24, 2.45) is 17.3 Å². The zero-order valence-corrected chi connectivity index (χ0v) is 21.0. The van der Waals surface area contributed by atoms with Gasteiger partial charge < -0.3 is 14.4 Å². The zero-order chi connectivity index (χ0) is 24.3. The maximum Gasteiger partial charge on any atom is 0.166 e. The van der Waals surface area contributed by atoms with Crippen LogP contribution in [0.1, 0.15) is 37.7 Å². The molecule has 0 bridgehead atoms. The van der Waals surface area contributed by atoms with Crippen LogP contribution in [0.25, 0.3) is 10.8 Å². The average molecular weight is 471 g/mol. The van der Waals surface area contributed by atoms with Crippen LogP contribution in [0.2, 0.25) is 0 Å². The van der Waals surface area contributed by atoms with Crippen LogP contribution in [0.3, 0.4) is 0 Å². The SMILES string of the molecule is CO[C@@H]1C[C@H]2[C@@H]3OC4=C(C=C3C=C[C@]2(C)[C@H]1c1cccc2cnccc12)C(=O)CC(CN(C)C)C4. The number of nitrogens with zero attached hydrogens (tertiary/aromatic N) is 2. The van der Waals surface area contributed by atoms with Gasteiger partial charge in [0.15, 0.2) is 5.78 Å². The molecule has 1 saturated carbocycles. The Labute approximate surface area is 207 Å². The first kappa shape index (κ1) is 22.7. The van der Waals surface area contributed by atoms with Crippen molar-refractivity contribution in [2.75, 3.05) is 27.7 Å². The number of pyridine rings is 1. The van der Waals surface area contributed by atoms with Crippen molar-refractivity contribution in [1.82, 2.24) is 9.88 Å². The fourth-order valence-corrected chi connectivity index (χ4v) is 7.23. The number of methoxy groups -OCH3 is 1. The first-order valence-corrected chi connectivity index (χ1v) is 12.7. The van der Waals surface area contributed by atoms with Crippen LogP contribution in [0.4, 0.5) is 0 Å². The number of aromatic nitrogens is 1. The second-order valence-corrected chi connectivity index (χ2v) is 11.2. The minimum atomic E-state index is -0.125. The lowest BCUT2D eigenvalue weighted by molar-refractivity contribution is -0.117. The molecule has 0 spiro atoms. The number of fused-ring (bicyclic) bond motifs is 4. The molecule has 0 saturated heterocycles. The Morgan fingerprint density at radius 1 is 1.23 bits per heavy atom. The highest BCUT2D eigenvalue weighted by atomic mass is 16.5. The number of carbonyl (C=O) groups is 1. The first-order chi connectivity index (χ1) is 16.9. The predicted octanol–water partition coefficient (Wildman–Crippen LogP) is 5.05. The molecule has 1 aromatic carbocycles. The number of hydrogen-bond acceptors (Lipinski definition) is 5. The third-order valence-electron chi connectivity index (χ3n) is 8.76. The molecule has 182 valence electrons. The highest BCUT2D eigenvalue weighted by Gasteiger charge is 2.57. The second kappa shape index (κ2) is 8.42. The quantitative estimate of drug-likeness (QED) is 0.626. The van der Waals surface area contributed by atoms with Gasteiger partial charge in [-0.2, -0.15) is 0 Å². The molecule has 6 rings (SSSR count). The Hall–Kier alpha value is -2.76. The van der Waals surface area contributed by atoms with Crippen LogP contribution in [0, 0.1) is 17.3 Å². The van der Waals surface area contributed by atoms with Gasteiger partial charge in [-0.25, -0.2) is 0 Å². The van der Waals surface area contributed by atoms with Crippen molar-refractivity contribution in [2.45, 2.75) is 44.3 Å². The van der Waals surface area contributed by atoms with E-state index in [1.807, 2.05) is 19.5 Å². The molecule has 0 N–H and O–H groups in total. The van der Waals surface area contributed by atoms with Gasteiger partial charge in [-0.05, 0) is 55.1 Å². The van der Waals surface area contributed by atoms with Gasteiger partial charge in [0.05, 0.1) is 11.7 Å². The monoisotopic (exact) mass is 470 g/mol. The number of carbonyl (C=O) groups excluding carboxylic acids is 1. The molecule has 0 amide bonds. The van der Waals surface area contributed by atoms with Gasteiger partial charge in [0.1, 0.15) is 11.9 Å². The molecule has 6 atom stereocenters. The Balaban J connectivity index is 1.39. The highest BCUT2D eigenvalue weighted by molar-refractivity contribution is 6.00. The van der Waals surface area contributed by atoms with E-state index in [0.717, 1.165) is 41.7 Å². The van der Waals surface area contributed by atoms with Crippen molar-refractivity contribution in [3.63, 3.8) is 0 Å². The van der Waals surface area contributed by atoms with Crippen LogP contribution in [-0.2, 0) is 14.3 Å². The van der Waals surface area contributed by atoms with E-state index in [0.29, 0.717) is 12.3 Å². The molecule has 0 radical (unpaired) electrons. The molecule has 1 aliphatic heterocycles. The Morgan fingerprint density at radius 2 is 2.09 bits per heavy atom. The molecule has 1 fully saturated rings. The summed E-state index contributed by atoms with van der Waals surface area (Å²) >= 11 is 0. The molecular weight excluding hydrogens is 436 g/mol. The zero-order valence-electron chi connectivity index (χ0n) is 21.0. The molecule has 2 aromatic rings. The van der Waals surface area contributed by atoms with Crippen molar-refractivity contribution < 1.29 is 14.3 Å². The van der Waals surface area contributed by atoms with Gasteiger partial charge in [-0.15, -0.1) is 0 Å². The lowest BCUT2D eigenvalue weighted by atomic mass is 9.64. The molecule has 5 heteroatoms. The lowest BCUT2D eigenvalue weighted by Gasteiger charge is -2.45. The third kappa shape index (κ3) is 3.59. The van der Waals surface area contributed by atoms with E-state index in [1.54, 1.807) is 0 Å². The summed E-state index contributed by atoms with van der Waals surface area (Å²) in [5.74, 6) is 1.89. The summed E-state index contributed by atoms with van der Waals surface area (Å²) in [6.07, 6.45) is 12.9. The number of ether oxygens (including phenoxy) is 2. The van der Waals surface area contributed by atoms with Crippen molar-refractivity contribution in [3.05, 3.63) is 77.4 Å². The molecule has 1 unspecified atom stereocenters. The molecular formula is C30H34N2O3. The first-order valence-electron chi connectivity index (χ1n) is 12.7. The summed E-state index contributed by atoms with van der Waals surface area (Å²) in [6, 6.07) is 8.63. The number of rotatable bonds is 4. The van der Waals surface area contributed by atoms with Gasteiger partial charge in [0.2, 0.25) is 0 Å². The summed E-state index contributed by atoms with van der Waals surface area (Å²) in [5, 5.41) is 2.40. The van der Waals surface area contributed by atoms with Crippen LogP contribution < -0.4 is 0 Å². The minimum Gasteiger partial charge on any atom is -0.489 e. The van der Waals surface area contributed by atoms with E-state index in [4.69, 9.17) is 9.47 Å². The van der Waals surface area contributed by atoms with Gasteiger partial charge >= 0.3 is 0 Å². The molecule has 5 nitrogen and oxygen atoms in total. The fourth-order valence-electron chi connectivity index (χ4n) is 7.23. The molecule has 35 heavy (non-hydrogen) atoms. The van der Waals surface area contributed by atoms with Crippen molar-refractivity contribution in [1.29, 1.82) is 0 Å².